The third-order valence-corrected chi connectivity index (χ3v) is 2.26. The Kier molecular flexibility index (Phi) is 3.24. The van der Waals surface area contributed by atoms with Gasteiger partial charge in [0, 0.05) is 0 Å². The molecule has 11 heavy (non-hydrogen) atoms. The zero-order valence-electron chi connectivity index (χ0n) is 6.72. The van der Waals surface area contributed by atoms with Gasteiger partial charge in [-0.2, -0.15) is 8.78 Å². The molecule has 1 aliphatic carbocycles. The summed E-state index contributed by atoms with van der Waals surface area (Å²) in [4.78, 5) is 0. The maximum absolute atomic E-state index is 11.6. The van der Waals surface area contributed by atoms with Crippen molar-refractivity contribution in [2.75, 3.05) is 6.61 Å². The Morgan fingerprint density at radius 1 is 1.45 bits per heavy atom. The van der Waals surface area contributed by atoms with Crippen LogP contribution in [0.1, 0.15) is 26.2 Å². The SMILES string of the molecule is CC1CCC(COC(F)F)C1. The van der Waals surface area contributed by atoms with E-state index in [4.69, 9.17) is 0 Å². The van der Waals surface area contributed by atoms with Gasteiger partial charge in [0.15, 0.2) is 0 Å². The van der Waals surface area contributed by atoms with E-state index >= 15 is 0 Å². The Bertz CT molecular complexity index is 117. The summed E-state index contributed by atoms with van der Waals surface area (Å²) < 4.78 is 27.4. The fourth-order valence-electron chi connectivity index (χ4n) is 1.69. The first-order valence-electron chi connectivity index (χ1n) is 4.08. The predicted molar refractivity (Wildman–Crippen MR) is 38.5 cm³/mol. The molecule has 66 valence electrons. The van der Waals surface area contributed by atoms with Crippen molar-refractivity contribution in [3.05, 3.63) is 0 Å². The van der Waals surface area contributed by atoms with Gasteiger partial charge in [0.05, 0.1) is 6.61 Å². The van der Waals surface area contributed by atoms with Crippen molar-refractivity contribution < 1.29 is 13.5 Å². The molecule has 0 aliphatic heterocycles. The Hall–Kier alpha value is -0.180. The summed E-state index contributed by atoms with van der Waals surface area (Å²) in [6.45, 7) is -0.199. The largest absolute Gasteiger partial charge is 0.345 e. The second-order valence-corrected chi connectivity index (χ2v) is 3.38. The molecule has 1 saturated carbocycles. The van der Waals surface area contributed by atoms with E-state index in [2.05, 4.69) is 11.7 Å². The molecule has 0 aromatic heterocycles. The summed E-state index contributed by atoms with van der Waals surface area (Å²) >= 11 is 0. The Balaban J connectivity index is 2.08. The number of alkyl halides is 2. The molecule has 1 fully saturated rings. The molecular formula is C8H14F2O. The van der Waals surface area contributed by atoms with Crippen molar-refractivity contribution >= 4 is 0 Å². The average molecular weight is 164 g/mol. The zero-order chi connectivity index (χ0) is 8.27. The van der Waals surface area contributed by atoms with E-state index in [1.165, 1.54) is 0 Å². The van der Waals surface area contributed by atoms with Gasteiger partial charge in [-0.05, 0) is 24.7 Å². The quantitative estimate of drug-likeness (QED) is 0.623. The third-order valence-electron chi connectivity index (χ3n) is 2.26. The minimum Gasteiger partial charge on any atom is -0.323 e. The molecule has 0 radical (unpaired) electrons. The van der Waals surface area contributed by atoms with Crippen molar-refractivity contribution in [2.24, 2.45) is 11.8 Å². The molecular weight excluding hydrogens is 150 g/mol. The molecule has 0 aromatic rings. The lowest BCUT2D eigenvalue weighted by molar-refractivity contribution is -0.137. The van der Waals surface area contributed by atoms with Crippen LogP contribution in [0.5, 0.6) is 0 Å². The summed E-state index contributed by atoms with van der Waals surface area (Å²) in [5.74, 6) is 1.07. The number of hydrogen-bond acceptors (Lipinski definition) is 1. The highest BCUT2D eigenvalue weighted by atomic mass is 19.3. The fraction of sp³-hybridized carbons (Fsp3) is 1.00. The minimum absolute atomic E-state index is 0.238. The Morgan fingerprint density at radius 3 is 2.64 bits per heavy atom. The lowest BCUT2D eigenvalue weighted by Crippen LogP contribution is -2.09. The van der Waals surface area contributed by atoms with Crippen LogP contribution in [0.4, 0.5) is 8.78 Å². The van der Waals surface area contributed by atoms with Crippen LogP contribution in [0.25, 0.3) is 0 Å². The van der Waals surface area contributed by atoms with Crippen LogP contribution in [0, 0.1) is 11.8 Å². The van der Waals surface area contributed by atoms with Gasteiger partial charge in [-0.25, -0.2) is 0 Å². The molecule has 0 aromatic carbocycles. The number of hydrogen-bond donors (Lipinski definition) is 0. The summed E-state index contributed by atoms with van der Waals surface area (Å²) in [5, 5.41) is 0. The second kappa shape index (κ2) is 4.00. The van der Waals surface area contributed by atoms with Crippen LogP contribution in [-0.4, -0.2) is 13.2 Å². The Labute approximate surface area is 65.7 Å². The minimum atomic E-state index is -2.59. The van der Waals surface area contributed by atoms with Gasteiger partial charge >= 0.3 is 6.61 Å². The van der Waals surface area contributed by atoms with E-state index < -0.39 is 6.61 Å². The first-order chi connectivity index (χ1) is 5.18. The lowest BCUT2D eigenvalue weighted by atomic mass is 10.1. The molecule has 1 nitrogen and oxygen atoms in total. The van der Waals surface area contributed by atoms with Gasteiger partial charge in [0.1, 0.15) is 0 Å². The van der Waals surface area contributed by atoms with Gasteiger partial charge in [-0.3, -0.25) is 0 Å². The maximum atomic E-state index is 11.6. The van der Waals surface area contributed by atoms with Crippen molar-refractivity contribution in [1.29, 1.82) is 0 Å². The van der Waals surface area contributed by atoms with Crippen molar-refractivity contribution in [3.63, 3.8) is 0 Å². The molecule has 0 heterocycles. The maximum Gasteiger partial charge on any atom is 0.345 e. The highest BCUT2D eigenvalue weighted by Gasteiger charge is 2.22. The monoisotopic (exact) mass is 164 g/mol. The number of rotatable bonds is 3. The topological polar surface area (TPSA) is 9.23 Å². The number of halogens is 2. The standard InChI is InChI=1S/C8H14F2O/c1-6-2-3-7(4-6)5-11-8(9)10/h6-8H,2-5H2,1H3. The molecule has 0 saturated heterocycles. The smallest absolute Gasteiger partial charge is 0.323 e. The molecule has 2 unspecified atom stereocenters. The van der Waals surface area contributed by atoms with Gasteiger partial charge in [0.25, 0.3) is 0 Å². The molecule has 0 bridgehead atoms. The average Bonchev–Trinajstić information content (AvgIpc) is 2.31. The second-order valence-electron chi connectivity index (χ2n) is 3.38. The van der Waals surface area contributed by atoms with Gasteiger partial charge in [-0.15, -0.1) is 0 Å². The van der Waals surface area contributed by atoms with E-state index in [9.17, 15) is 8.78 Å². The molecule has 0 amide bonds. The molecule has 0 spiro atoms. The van der Waals surface area contributed by atoms with E-state index in [0.29, 0.717) is 11.8 Å². The highest BCUT2D eigenvalue weighted by molar-refractivity contribution is 4.71. The summed E-state index contributed by atoms with van der Waals surface area (Å²) in [7, 11) is 0. The van der Waals surface area contributed by atoms with Gasteiger partial charge < -0.3 is 4.74 Å². The predicted octanol–water partition coefficient (Wildman–Crippen LogP) is 2.66. The highest BCUT2D eigenvalue weighted by Crippen LogP contribution is 2.30. The van der Waals surface area contributed by atoms with Crippen molar-refractivity contribution in [3.8, 4) is 0 Å². The third kappa shape index (κ3) is 3.14. The summed E-state index contributed by atoms with van der Waals surface area (Å²) in [6.07, 6.45) is 3.26. The first kappa shape index (κ1) is 8.91. The first-order valence-corrected chi connectivity index (χ1v) is 4.08. The molecule has 1 rings (SSSR count). The molecule has 3 heteroatoms. The molecule has 1 aliphatic rings. The van der Waals surface area contributed by atoms with E-state index in [1.54, 1.807) is 0 Å². The Morgan fingerprint density at radius 2 is 2.18 bits per heavy atom. The van der Waals surface area contributed by atoms with Crippen LogP contribution in [0.15, 0.2) is 0 Å². The van der Waals surface area contributed by atoms with Crippen LogP contribution in [0.2, 0.25) is 0 Å². The molecule has 0 N–H and O–H groups in total. The van der Waals surface area contributed by atoms with Crippen LogP contribution < -0.4 is 0 Å². The normalized spacial score (nSPS) is 31.6. The number of ether oxygens (including phenoxy) is 1. The van der Waals surface area contributed by atoms with E-state index in [1.807, 2.05) is 0 Å². The molecule has 2 atom stereocenters. The van der Waals surface area contributed by atoms with Gasteiger partial charge in [0.2, 0.25) is 0 Å². The van der Waals surface area contributed by atoms with Crippen molar-refractivity contribution in [2.45, 2.75) is 32.8 Å². The lowest BCUT2D eigenvalue weighted by Gasteiger charge is -2.08. The zero-order valence-corrected chi connectivity index (χ0v) is 6.72. The van der Waals surface area contributed by atoms with Crippen LogP contribution in [0.3, 0.4) is 0 Å². The van der Waals surface area contributed by atoms with Gasteiger partial charge in [-0.1, -0.05) is 13.3 Å². The summed E-state index contributed by atoms with van der Waals surface area (Å²) in [5.41, 5.74) is 0. The van der Waals surface area contributed by atoms with Crippen LogP contribution >= 0.6 is 0 Å². The fourth-order valence-corrected chi connectivity index (χ4v) is 1.69. The van der Waals surface area contributed by atoms with Crippen molar-refractivity contribution in [1.82, 2.24) is 0 Å². The summed E-state index contributed by atoms with van der Waals surface area (Å²) in [6, 6.07) is 0. The van der Waals surface area contributed by atoms with E-state index in [0.717, 1.165) is 19.3 Å². The van der Waals surface area contributed by atoms with E-state index in [-0.39, 0.29) is 6.61 Å². The van der Waals surface area contributed by atoms with Crippen LogP contribution in [-0.2, 0) is 4.74 Å².